The van der Waals surface area contributed by atoms with Crippen LogP contribution in [0, 0.1) is 0 Å². The van der Waals surface area contributed by atoms with Gasteiger partial charge in [0, 0.05) is 12.1 Å². The molecule has 100 valence electrons. The largest absolute Gasteiger partial charge is 0.497 e. The van der Waals surface area contributed by atoms with Crippen LogP contribution in [0.1, 0.15) is 27.2 Å². The number of rotatable bonds is 6. The van der Waals surface area contributed by atoms with Gasteiger partial charge in [-0.25, -0.2) is 0 Å². The Kier molecular flexibility index (Phi) is 5.49. The highest BCUT2D eigenvalue weighted by atomic mass is 16.5. The lowest BCUT2D eigenvalue weighted by atomic mass is 10.2. The van der Waals surface area contributed by atoms with E-state index in [4.69, 9.17) is 9.47 Å². The molecular formula is C14H21NO3. The Labute approximate surface area is 108 Å². The van der Waals surface area contributed by atoms with E-state index < -0.39 is 6.10 Å². The topological polar surface area (TPSA) is 47.6 Å². The van der Waals surface area contributed by atoms with Gasteiger partial charge in [-0.05, 0) is 32.4 Å². The Balaban J connectivity index is 2.57. The smallest absolute Gasteiger partial charge is 0.260 e. The van der Waals surface area contributed by atoms with Gasteiger partial charge >= 0.3 is 0 Å². The van der Waals surface area contributed by atoms with Crippen molar-refractivity contribution in [1.29, 1.82) is 0 Å². The summed E-state index contributed by atoms with van der Waals surface area (Å²) >= 11 is 0. The molecule has 0 aliphatic carbocycles. The number of hydrogen-bond acceptors (Lipinski definition) is 3. The first kappa shape index (κ1) is 14.4. The Morgan fingerprint density at radius 3 is 2.61 bits per heavy atom. The highest BCUT2D eigenvalue weighted by Gasteiger charge is 2.16. The zero-order valence-corrected chi connectivity index (χ0v) is 11.4. The van der Waals surface area contributed by atoms with Gasteiger partial charge in [-0.1, -0.05) is 13.0 Å². The van der Waals surface area contributed by atoms with Gasteiger partial charge in [0.15, 0.2) is 6.10 Å². The van der Waals surface area contributed by atoms with Gasteiger partial charge < -0.3 is 14.8 Å². The molecule has 0 saturated carbocycles. The molecule has 4 heteroatoms. The molecule has 0 aliphatic heterocycles. The van der Waals surface area contributed by atoms with Crippen LogP contribution >= 0.6 is 0 Å². The predicted octanol–water partition coefficient (Wildman–Crippen LogP) is 2.38. The average Bonchev–Trinajstić information content (AvgIpc) is 2.38. The summed E-state index contributed by atoms with van der Waals surface area (Å²) < 4.78 is 10.7. The minimum Gasteiger partial charge on any atom is -0.497 e. The highest BCUT2D eigenvalue weighted by Crippen LogP contribution is 2.19. The molecular weight excluding hydrogens is 230 g/mol. The summed E-state index contributed by atoms with van der Waals surface area (Å²) in [5.74, 6) is 1.23. The normalized spacial score (nSPS) is 13.6. The first-order valence-corrected chi connectivity index (χ1v) is 6.18. The van der Waals surface area contributed by atoms with Crippen LogP contribution in [-0.4, -0.2) is 25.2 Å². The maximum Gasteiger partial charge on any atom is 0.260 e. The molecule has 0 bridgehead atoms. The van der Waals surface area contributed by atoms with Crippen molar-refractivity contribution < 1.29 is 14.3 Å². The van der Waals surface area contributed by atoms with Crippen molar-refractivity contribution in [3.05, 3.63) is 24.3 Å². The molecule has 2 atom stereocenters. The van der Waals surface area contributed by atoms with E-state index in [0.717, 1.165) is 6.42 Å². The Hall–Kier alpha value is -1.71. The molecule has 0 saturated heterocycles. The summed E-state index contributed by atoms with van der Waals surface area (Å²) in [4.78, 5) is 11.8. The van der Waals surface area contributed by atoms with Crippen LogP contribution in [0.3, 0.4) is 0 Å². The molecule has 0 aliphatic rings. The van der Waals surface area contributed by atoms with E-state index in [2.05, 4.69) is 5.32 Å². The average molecular weight is 251 g/mol. The van der Waals surface area contributed by atoms with Gasteiger partial charge in [0.25, 0.3) is 5.91 Å². The van der Waals surface area contributed by atoms with E-state index in [9.17, 15) is 4.79 Å². The molecule has 1 aromatic carbocycles. The summed E-state index contributed by atoms with van der Waals surface area (Å²) in [5, 5.41) is 2.88. The van der Waals surface area contributed by atoms with Crippen molar-refractivity contribution in [1.82, 2.24) is 5.32 Å². The number of hydrogen-bond donors (Lipinski definition) is 1. The second-order valence-corrected chi connectivity index (χ2v) is 4.26. The van der Waals surface area contributed by atoms with Crippen molar-refractivity contribution in [2.75, 3.05) is 7.11 Å². The second kappa shape index (κ2) is 6.89. The SMILES string of the molecule is CC[C@@H](C)NC(=O)[C@@H](C)Oc1cccc(OC)c1. The summed E-state index contributed by atoms with van der Waals surface area (Å²) in [7, 11) is 1.60. The second-order valence-electron chi connectivity index (χ2n) is 4.26. The van der Waals surface area contributed by atoms with E-state index in [-0.39, 0.29) is 11.9 Å². The number of nitrogens with one attached hydrogen (secondary N) is 1. The first-order valence-electron chi connectivity index (χ1n) is 6.18. The van der Waals surface area contributed by atoms with Crippen molar-refractivity contribution in [2.24, 2.45) is 0 Å². The van der Waals surface area contributed by atoms with Gasteiger partial charge in [-0.2, -0.15) is 0 Å². The molecule has 1 rings (SSSR count). The lowest BCUT2D eigenvalue weighted by Gasteiger charge is -2.18. The minimum absolute atomic E-state index is 0.104. The zero-order valence-electron chi connectivity index (χ0n) is 11.4. The van der Waals surface area contributed by atoms with Crippen LogP contribution in [0.25, 0.3) is 0 Å². The number of amides is 1. The van der Waals surface area contributed by atoms with Gasteiger partial charge in [0.2, 0.25) is 0 Å². The monoisotopic (exact) mass is 251 g/mol. The quantitative estimate of drug-likeness (QED) is 0.844. The molecule has 0 heterocycles. The van der Waals surface area contributed by atoms with Gasteiger partial charge in [-0.3, -0.25) is 4.79 Å². The maximum atomic E-state index is 11.8. The molecule has 1 amide bonds. The molecule has 0 radical (unpaired) electrons. The summed E-state index contributed by atoms with van der Waals surface area (Å²) in [6, 6.07) is 7.38. The number of benzene rings is 1. The third-order valence-corrected chi connectivity index (χ3v) is 2.72. The fraction of sp³-hybridized carbons (Fsp3) is 0.500. The molecule has 1 aromatic rings. The predicted molar refractivity (Wildman–Crippen MR) is 71.0 cm³/mol. The number of carbonyl (C=O) groups excluding carboxylic acids is 1. The van der Waals surface area contributed by atoms with Crippen molar-refractivity contribution in [3.8, 4) is 11.5 Å². The molecule has 0 fully saturated rings. The van der Waals surface area contributed by atoms with Gasteiger partial charge in [-0.15, -0.1) is 0 Å². The first-order chi connectivity index (χ1) is 8.56. The van der Waals surface area contributed by atoms with Crippen LogP contribution < -0.4 is 14.8 Å². The Morgan fingerprint density at radius 2 is 2.00 bits per heavy atom. The molecule has 0 spiro atoms. The third kappa shape index (κ3) is 4.28. The van der Waals surface area contributed by atoms with Crippen LogP contribution in [0.2, 0.25) is 0 Å². The van der Waals surface area contributed by atoms with E-state index in [1.54, 1.807) is 26.2 Å². The third-order valence-electron chi connectivity index (χ3n) is 2.72. The summed E-state index contributed by atoms with van der Waals surface area (Å²) in [5.41, 5.74) is 0. The molecule has 1 N–H and O–H groups in total. The molecule has 0 aromatic heterocycles. The van der Waals surface area contributed by atoms with E-state index in [1.807, 2.05) is 26.0 Å². The van der Waals surface area contributed by atoms with Crippen LogP contribution in [-0.2, 0) is 4.79 Å². The zero-order chi connectivity index (χ0) is 13.5. The number of ether oxygens (including phenoxy) is 2. The molecule has 18 heavy (non-hydrogen) atoms. The standard InChI is InChI=1S/C14H21NO3/c1-5-10(2)15-14(16)11(3)18-13-8-6-7-12(9-13)17-4/h6-11H,5H2,1-4H3,(H,15,16)/t10-,11-/m1/s1. The molecule has 4 nitrogen and oxygen atoms in total. The van der Waals surface area contributed by atoms with Gasteiger partial charge in [0.05, 0.1) is 7.11 Å². The highest BCUT2D eigenvalue weighted by molar-refractivity contribution is 5.80. The number of carbonyl (C=O) groups is 1. The van der Waals surface area contributed by atoms with E-state index >= 15 is 0 Å². The van der Waals surface area contributed by atoms with E-state index in [0.29, 0.717) is 11.5 Å². The van der Waals surface area contributed by atoms with Crippen molar-refractivity contribution in [2.45, 2.75) is 39.3 Å². The summed E-state index contributed by atoms with van der Waals surface area (Å²) in [6.07, 6.45) is 0.378. The lowest BCUT2D eigenvalue weighted by Crippen LogP contribution is -2.40. The molecule has 0 unspecified atom stereocenters. The van der Waals surface area contributed by atoms with Crippen molar-refractivity contribution >= 4 is 5.91 Å². The van der Waals surface area contributed by atoms with Crippen LogP contribution in [0.4, 0.5) is 0 Å². The van der Waals surface area contributed by atoms with Crippen molar-refractivity contribution in [3.63, 3.8) is 0 Å². The Bertz CT molecular complexity index is 392. The Morgan fingerprint density at radius 1 is 1.33 bits per heavy atom. The summed E-state index contributed by atoms with van der Waals surface area (Å²) in [6.45, 7) is 5.73. The minimum atomic E-state index is -0.522. The number of methoxy groups -OCH3 is 1. The maximum absolute atomic E-state index is 11.8. The van der Waals surface area contributed by atoms with E-state index in [1.165, 1.54) is 0 Å². The fourth-order valence-electron chi connectivity index (χ4n) is 1.39. The van der Waals surface area contributed by atoms with Crippen LogP contribution in [0.15, 0.2) is 24.3 Å². The van der Waals surface area contributed by atoms with Crippen LogP contribution in [0.5, 0.6) is 11.5 Å². The lowest BCUT2D eigenvalue weighted by molar-refractivity contribution is -0.127. The van der Waals surface area contributed by atoms with Gasteiger partial charge in [0.1, 0.15) is 11.5 Å². The fourth-order valence-corrected chi connectivity index (χ4v) is 1.39.